The van der Waals surface area contributed by atoms with Crippen molar-refractivity contribution in [3.05, 3.63) is 45.8 Å². The van der Waals surface area contributed by atoms with Crippen LogP contribution in [0.2, 0.25) is 0 Å². The molecule has 0 aliphatic carbocycles. The average Bonchev–Trinajstić information content (AvgIpc) is 3.15. The quantitative estimate of drug-likeness (QED) is 0.671. The maximum absolute atomic E-state index is 5.46. The molecule has 3 aromatic rings. The third-order valence-electron chi connectivity index (χ3n) is 4.32. The van der Waals surface area contributed by atoms with Gasteiger partial charge in [0.2, 0.25) is 6.39 Å². The van der Waals surface area contributed by atoms with Crippen LogP contribution in [-0.2, 0) is 7.05 Å². The predicted octanol–water partition coefficient (Wildman–Crippen LogP) is 4.18. The molecule has 0 saturated carbocycles. The largest absolute Gasteiger partial charge is 0.422 e. The standard InChI is InChI=1S/C17H18BrN5OS/c1-9-6-11(18)4-5-12(9)15-13-14(17-21-19-8-24-17)22-23(3)16(13)20-10(2)7-25-15/h4-6,8,10,15,20H,7H2,1-3H3/t10-,15-/m0/s1. The number of rotatable bonds is 2. The van der Waals surface area contributed by atoms with Crippen molar-refractivity contribution >= 4 is 33.5 Å². The molecule has 0 saturated heterocycles. The Morgan fingerprint density at radius 1 is 1.40 bits per heavy atom. The molecule has 8 heteroatoms. The van der Waals surface area contributed by atoms with Crippen LogP contribution in [0.1, 0.15) is 28.9 Å². The molecule has 130 valence electrons. The zero-order valence-corrected chi connectivity index (χ0v) is 16.6. The van der Waals surface area contributed by atoms with Crippen molar-refractivity contribution in [2.45, 2.75) is 25.1 Å². The summed E-state index contributed by atoms with van der Waals surface area (Å²) in [6.45, 7) is 4.33. The smallest absolute Gasteiger partial charge is 0.268 e. The van der Waals surface area contributed by atoms with E-state index in [1.54, 1.807) is 0 Å². The minimum Gasteiger partial charge on any atom is -0.422 e. The predicted molar refractivity (Wildman–Crippen MR) is 103 cm³/mol. The Balaban J connectivity index is 1.93. The molecule has 1 aliphatic rings. The van der Waals surface area contributed by atoms with Crippen molar-refractivity contribution in [3.63, 3.8) is 0 Å². The molecule has 0 unspecified atom stereocenters. The molecule has 0 fully saturated rings. The number of anilines is 1. The number of nitrogens with one attached hydrogen (secondary N) is 1. The van der Waals surface area contributed by atoms with Crippen LogP contribution in [-0.4, -0.2) is 31.8 Å². The van der Waals surface area contributed by atoms with Crippen LogP contribution < -0.4 is 5.32 Å². The Bertz CT molecular complexity index is 908. The topological polar surface area (TPSA) is 68.8 Å². The van der Waals surface area contributed by atoms with E-state index in [4.69, 9.17) is 4.42 Å². The first-order valence-electron chi connectivity index (χ1n) is 8.02. The van der Waals surface area contributed by atoms with Gasteiger partial charge in [-0.05, 0) is 37.1 Å². The van der Waals surface area contributed by atoms with Crippen LogP contribution in [0.15, 0.2) is 33.5 Å². The molecule has 2 aromatic heterocycles. The fourth-order valence-electron chi connectivity index (χ4n) is 3.17. The van der Waals surface area contributed by atoms with Crippen molar-refractivity contribution in [3.8, 4) is 11.6 Å². The van der Waals surface area contributed by atoms with E-state index in [-0.39, 0.29) is 5.25 Å². The van der Waals surface area contributed by atoms with Gasteiger partial charge in [-0.25, -0.2) is 0 Å². The molecule has 2 atom stereocenters. The molecule has 1 N–H and O–H groups in total. The van der Waals surface area contributed by atoms with Crippen LogP contribution in [0.3, 0.4) is 0 Å². The fraction of sp³-hybridized carbons (Fsp3) is 0.353. The highest BCUT2D eigenvalue weighted by Gasteiger charge is 2.33. The second-order valence-corrected chi connectivity index (χ2v) is 8.29. The molecule has 1 aliphatic heterocycles. The van der Waals surface area contributed by atoms with Gasteiger partial charge >= 0.3 is 0 Å². The minimum atomic E-state index is 0.149. The molecule has 6 nitrogen and oxygen atoms in total. The number of hydrogen-bond acceptors (Lipinski definition) is 6. The number of halogens is 1. The number of fused-ring (bicyclic) bond motifs is 1. The van der Waals surface area contributed by atoms with E-state index < -0.39 is 0 Å². The van der Waals surface area contributed by atoms with Gasteiger partial charge < -0.3 is 9.73 Å². The molecular weight excluding hydrogens is 402 g/mol. The molecule has 0 spiro atoms. The number of thioether (sulfide) groups is 1. The lowest BCUT2D eigenvalue weighted by atomic mass is 9.99. The Morgan fingerprint density at radius 2 is 2.24 bits per heavy atom. The Morgan fingerprint density at radius 3 is 2.96 bits per heavy atom. The number of hydrogen-bond donors (Lipinski definition) is 1. The second-order valence-electron chi connectivity index (χ2n) is 6.24. The lowest BCUT2D eigenvalue weighted by Crippen LogP contribution is -2.18. The number of aromatic nitrogens is 4. The van der Waals surface area contributed by atoms with E-state index in [2.05, 4.69) is 68.6 Å². The summed E-state index contributed by atoms with van der Waals surface area (Å²) < 4.78 is 8.42. The van der Waals surface area contributed by atoms with E-state index in [9.17, 15) is 0 Å². The van der Waals surface area contributed by atoms with E-state index >= 15 is 0 Å². The van der Waals surface area contributed by atoms with Crippen LogP contribution in [0, 0.1) is 6.92 Å². The maximum Gasteiger partial charge on any atom is 0.268 e. The summed E-state index contributed by atoms with van der Waals surface area (Å²) in [5.74, 6) is 2.46. The Hall–Kier alpha value is -1.80. The summed E-state index contributed by atoms with van der Waals surface area (Å²) >= 11 is 5.47. The van der Waals surface area contributed by atoms with E-state index in [0.29, 0.717) is 11.9 Å². The lowest BCUT2D eigenvalue weighted by molar-refractivity contribution is 0.564. The summed E-state index contributed by atoms with van der Waals surface area (Å²) in [5, 5.41) is 16.3. The van der Waals surface area contributed by atoms with Crippen molar-refractivity contribution in [1.29, 1.82) is 0 Å². The minimum absolute atomic E-state index is 0.149. The zero-order valence-electron chi connectivity index (χ0n) is 14.2. The first-order chi connectivity index (χ1) is 12.0. The van der Waals surface area contributed by atoms with Gasteiger partial charge in [0, 0.05) is 28.9 Å². The van der Waals surface area contributed by atoms with Gasteiger partial charge in [0.25, 0.3) is 5.89 Å². The molecular formula is C17H18BrN5OS. The second kappa shape index (κ2) is 6.49. The summed E-state index contributed by atoms with van der Waals surface area (Å²) in [7, 11) is 1.94. The number of benzene rings is 1. The van der Waals surface area contributed by atoms with Crippen molar-refractivity contribution in [1.82, 2.24) is 20.0 Å². The molecule has 3 heterocycles. The summed E-state index contributed by atoms with van der Waals surface area (Å²) in [6, 6.07) is 6.77. The molecule has 4 rings (SSSR count). The normalized spacial score (nSPS) is 20.0. The van der Waals surface area contributed by atoms with Gasteiger partial charge in [-0.2, -0.15) is 5.10 Å². The lowest BCUT2D eigenvalue weighted by Gasteiger charge is -2.18. The van der Waals surface area contributed by atoms with E-state index in [0.717, 1.165) is 27.3 Å². The van der Waals surface area contributed by atoms with Gasteiger partial charge in [-0.3, -0.25) is 4.68 Å². The SMILES string of the molecule is Cc1cc(Br)ccc1[C@@H]1SC[C@H](C)Nc2c1c(-c1nnco1)nn2C. The van der Waals surface area contributed by atoms with Gasteiger partial charge in [0.05, 0.1) is 5.25 Å². The Labute approximate surface area is 158 Å². The third-order valence-corrected chi connectivity index (χ3v) is 6.33. The van der Waals surface area contributed by atoms with E-state index in [1.165, 1.54) is 17.5 Å². The summed E-state index contributed by atoms with van der Waals surface area (Å²) in [4.78, 5) is 0. The van der Waals surface area contributed by atoms with Gasteiger partial charge in [-0.15, -0.1) is 22.0 Å². The first kappa shape index (κ1) is 16.7. The van der Waals surface area contributed by atoms with Crippen molar-refractivity contribution in [2.24, 2.45) is 7.05 Å². The molecule has 25 heavy (non-hydrogen) atoms. The summed E-state index contributed by atoms with van der Waals surface area (Å²) in [6.07, 6.45) is 1.34. The highest BCUT2D eigenvalue weighted by atomic mass is 79.9. The van der Waals surface area contributed by atoms with E-state index in [1.807, 2.05) is 23.5 Å². The van der Waals surface area contributed by atoms with Gasteiger partial charge in [0.1, 0.15) is 5.82 Å². The highest BCUT2D eigenvalue weighted by Crippen LogP contribution is 2.47. The number of nitrogens with zero attached hydrogens (tertiary/aromatic N) is 4. The first-order valence-corrected chi connectivity index (χ1v) is 9.86. The summed E-state index contributed by atoms with van der Waals surface area (Å²) in [5.41, 5.74) is 4.37. The number of aryl methyl sites for hydroxylation is 2. The molecule has 0 amide bonds. The fourth-order valence-corrected chi connectivity index (χ4v) is 5.05. The third kappa shape index (κ3) is 2.97. The van der Waals surface area contributed by atoms with Gasteiger partial charge in [0.15, 0.2) is 5.69 Å². The highest BCUT2D eigenvalue weighted by molar-refractivity contribution is 9.10. The maximum atomic E-state index is 5.46. The molecule has 1 aromatic carbocycles. The van der Waals surface area contributed by atoms with Crippen molar-refractivity contribution in [2.75, 3.05) is 11.1 Å². The van der Waals surface area contributed by atoms with Crippen LogP contribution in [0.5, 0.6) is 0 Å². The molecule has 0 radical (unpaired) electrons. The Kier molecular flexibility index (Phi) is 4.33. The molecule has 0 bridgehead atoms. The van der Waals surface area contributed by atoms with Crippen LogP contribution in [0.4, 0.5) is 5.82 Å². The monoisotopic (exact) mass is 419 g/mol. The van der Waals surface area contributed by atoms with Crippen LogP contribution in [0.25, 0.3) is 11.6 Å². The van der Waals surface area contributed by atoms with Crippen LogP contribution >= 0.6 is 27.7 Å². The van der Waals surface area contributed by atoms with Crippen molar-refractivity contribution < 1.29 is 4.42 Å². The zero-order chi connectivity index (χ0) is 17.6. The van der Waals surface area contributed by atoms with Gasteiger partial charge in [-0.1, -0.05) is 22.0 Å². The average molecular weight is 420 g/mol.